The second-order valence-electron chi connectivity index (χ2n) is 6.14. The van der Waals surface area contributed by atoms with Crippen molar-refractivity contribution in [2.75, 3.05) is 0 Å². The van der Waals surface area contributed by atoms with Gasteiger partial charge in [0.15, 0.2) is 0 Å². The summed E-state index contributed by atoms with van der Waals surface area (Å²) in [7, 11) is 0. The molecule has 5 rings (SSSR count). The second kappa shape index (κ2) is 4.29. The second-order valence-corrected chi connectivity index (χ2v) is 6.14. The van der Waals surface area contributed by atoms with Crippen LogP contribution in [0.3, 0.4) is 0 Å². The molecule has 110 valence electrons. The van der Waals surface area contributed by atoms with Gasteiger partial charge < -0.3 is 0 Å². The van der Waals surface area contributed by atoms with E-state index in [2.05, 4.69) is 66.5 Å². The average Bonchev–Trinajstić information content (AvgIpc) is 2.97. The lowest BCUT2D eigenvalue weighted by Gasteiger charge is -2.04. The minimum absolute atomic E-state index is 0.939. The molecule has 5 aromatic rings. The number of aromatic amines is 1. The zero-order valence-corrected chi connectivity index (χ0v) is 13.0. The van der Waals surface area contributed by atoms with Gasteiger partial charge in [0.25, 0.3) is 0 Å². The Morgan fingerprint density at radius 1 is 0.783 bits per heavy atom. The van der Waals surface area contributed by atoms with Gasteiger partial charge in [-0.25, -0.2) is 4.98 Å². The lowest BCUT2D eigenvalue weighted by molar-refractivity contribution is 1.12. The average molecular weight is 297 g/mol. The van der Waals surface area contributed by atoms with Gasteiger partial charge in [-0.05, 0) is 37.1 Å². The molecule has 0 aliphatic rings. The summed E-state index contributed by atoms with van der Waals surface area (Å²) in [6.07, 6.45) is 0. The van der Waals surface area contributed by atoms with E-state index in [0.29, 0.717) is 0 Å². The molecule has 2 heterocycles. The summed E-state index contributed by atoms with van der Waals surface area (Å²) >= 11 is 0. The molecule has 1 N–H and O–H groups in total. The van der Waals surface area contributed by atoms with Gasteiger partial charge >= 0.3 is 0 Å². The number of aromatic nitrogens is 3. The molecule has 0 atom stereocenters. The molecule has 0 bridgehead atoms. The normalized spacial score (nSPS) is 11.9. The number of para-hydroxylation sites is 1. The smallest absolute Gasteiger partial charge is 0.117 e. The van der Waals surface area contributed by atoms with Gasteiger partial charge in [-0.15, -0.1) is 0 Å². The summed E-state index contributed by atoms with van der Waals surface area (Å²) in [4.78, 5) is 4.87. The highest BCUT2D eigenvalue weighted by Gasteiger charge is 2.14. The van der Waals surface area contributed by atoms with Crippen LogP contribution in [0.1, 0.15) is 11.1 Å². The van der Waals surface area contributed by atoms with Crippen LogP contribution in [0.15, 0.2) is 48.5 Å². The van der Waals surface area contributed by atoms with Crippen molar-refractivity contribution in [1.82, 2.24) is 15.2 Å². The third-order valence-corrected chi connectivity index (χ3v) is 4.87. The van der Waals surface area contributed by atoms with Gasteiger partial charge in [-0.2, -0.15) is 5.10 Å². The van der Waals surface area contributed by atoms with E-state index in [-0.39, 0.29) is 0 Å². The van der Waals surface area contributed by atoms with Crippen LogP contribution < -0.4 is 0 Å². The van der Waals surface area contributed by atoms with Crippen molar-refractivity contribution in [2.45, 2.75) is 13.8 Å². The highest BCUT2D eigenvalue weighted by molar-refractivity contribution is 6.20. The molecule has 0 saturated heterocycles. The summed E-state index contributed by atoms with van der Waals surface area (Å²) < 4.78 is 0. The van der Waals surface area contributed by atoms with Gasteiger partial charge in [0.1, 0.15) is 5.52 Å². The van der Waals surface area contributed by atoms with E-state index in [9.17, 15) is 0 Å². The van der Waals surface area contributed by atoms with E-state index in [1.165, 1.54) is 27.3 Å². The Morgan fingerprint density at radius 3 is 2.52 bits per heavy atom. The Bertz CT molecular complexity index is 1230. The first kappa shape index (κ1) is 12.6. The maximum Gasteiger partial charge on any atom is 0.117 e. The van der Waals surface area contributed by atoms with Crippen molar-refractivity contribution in [2.24, 2.45) is 0 Å². The summed E-state index contributed by atoms with van der Waals surface area (Å²) in [5, 5.41) is 12.5. The fourth-order valence-electron chi connectivity index (χ4n) is 3.51. The molecule has 0 unspecified atom stereocenters. The van der Waals surface area contributed by atoms with E-state index >= 15 is 0 Å². The largest absolute Gasteiger partial charge is 0.277 e. The van der Waals surface area contributed by atoms with Crippen LogP contribution in [0, 0.1) is 13.8 Å². The first-order valence-electron chi connectivity index (χ1n) is 7.79. The number of hydrogen-bond donors (Lipinski definition) is 1. The number of rotatable bonds is 0. The molecular weight excluding hydrogens is 282 g/mol. The summed E-state index contributed by atoms with van der Waals surface area (Å²) in [6.45, 7) is 4.32. The number of H-pyrrole nitrogens is 1. The highest BCUT2D eigenvalue weighted by atomic mass is 15.1. The van der Waals surface area contributed by atoms with Crippen LogP contribution in [-0.2, 0) is 0 Å². The van der Waals surface area contributed by atoms with Crippen molar-refractivity contribution < 1.29 is 0 Å². The monoisotopic (exact) mass is 297 g/mol. The van der Waals surface area contributed by atoms with Crippen molar-refractivity contribution in [3.8, 4) is 0 Å². The first-order chi connectivity index (χ1) is 11.2. The van der Waals surface area contributed by atoms with E-state index in [1.807, 2.05) is 6.07 Å². The molecule has 3 nitrogen and oxygen atoms in total. The number of nitrogens with zero attached hydrogens (tertiary/aromatic N) is 2. The Kier molecular flexibility index (Phi) is 2.35. The quantitative estimate of drug-likeness (QED) is 0.407. The standard InChI is InChI=1S/C20H15N3/c1-11-7-10-17-18(12(11)2)15-9-8-14-13-5-3-4-6-16(13)22-23-20(14)19(15)21-17/h3-10,22H,1-2H3. The lowest BCUT2D eigenvalue weighted by Crippen LogP contribution is -1.88. The van der Waals surface area contributed by atoms with Gasteiger partial charge in [0.05, 0.1) is 16.6 Å². The minimum atomic E-state index is 0.939. The summed E-state index contributed by atoms with van der Waals surface area (Å²) in [5.41, 5.74) is 6.61. The molecule has 0 aliphatic heterocycles. The third kappa shape index (κ3) is 1.59. The molecule has 0 aliphatic carbocycles. The van der Waals surface area contributed by atoms with Gasteiger partial charge in [-0.1, -0.05) is 36.4 Å². The predicted octanol–water partition coefficient (Wildman–Crippen LogP) is 5.03. The number of benzene rings is 3. The molecule has 0 spiro atoms. The van der Waals surface area contributed by atoms with Crippen LogP contribution in [0.25, 0.3) is 43.6 Å². The first-order valence-corrected chi connectivity index (χ1v) is 7.79. The van der Waals surface area contributed by atoms with Crippen molar-refractivity contribution >= 4 is 43.6 Å². The van der Waals surface area contributed by atoms with Gasteiger partial charge in [-0.3, -0.25) is 5.10 Å². The number of aryl methyl sites for hydroxylation is 2. The van der Waals surface area contributed by atoms with Crippen molar-refractivity contribution in [1.29, 1.82) is 0 Å². The molecule has 0 saturated carbocycles. The van der Waals surface area contributed by atoms with Crippen LogP contribution in [0.5, 0.6) is 0 Å². The van der Waals surface area contributed by atoms with Crippen LogP contribution in [-0.4, -0.2) is 15.2 Å². The predicted molar refractivity (Wildman–Crippen MR) is 95.9 cm³/mol. The highest BCUT2D eigenvalue weighted by Crippen LogP contribution is 2.34. The number of fused-ring (bicyclic) bond motifs is 7. The molecule has 3 aromatic carbocycles. The Labute approximate surface area is 133 Å². The Morgan fingerprint density at radius 2 is 1.61 bits per heavy atom. The topological polar surface area (TPSA) is 41.6 Å². The summed E-state index contributed by atoms with van der Waals surface area (Å²) in [6, 6.07) is 16.9. The van der Waals surface area contributed by atoms with Gasteiger partial charge in [0.2, 0.25) is 0 Å². The minimum Gasteiger partial charge on any atom is -0.277 e. The van der Waals surface area contributed by atoms with Crippen LogP contribution >= 0.6 is 0 Å². The fraction of sp³-hybridized carbons (Fsp3) is 0.100. The molecule has 0 amide bonds. The molecular formula is C20H15N3. The number of hydrogen-bond acceptors (Lipinski definition) is 2. The molecule has 2 aromatic heterocycles. The van der Waals surface area contributed by atoms with Crippen molar-refractivity contribution in [3.05, 3.63) is 59.7 Å². The van der Waals surface area contributed by atoms with Crippen LogP contribution in [0.4, 0.5) is 0 Å². The van der Waals surface area contributed by atoms with E-state index < -0.39 is 0 Å². The van der Waals surface area contributed by atoms with E-state index in [1.54, 1.807) is 0 Å². The third-order valence-electron chi connectivity index (χ3n) is 4.87. The molecule has 0 radical (unpaired) electrons. The Balaban J connectivity index is 2.05. The zero-order chi connectivity index (χ0) is 15.6. The maximum atomic E-state index is 4.87. The van der Waals surface area contributed by atoms with Crippen LogP contribution in [0.2, 0.25) is 0 Å². The fourth-order valence-corrected chi connectivity index (χ4v) is 3.51. The zero-order valence-electron chi connectivity index (χ0n) is 13.0. The van der Waals surface area contributed by atoms with E-state index in [4.69, 9.17) is 4.98 Å². The Hall–Kier alpha value is -2.94. The van der Waals surface area contributed by atoms with Gasteiger partial charge in [0, 0.05) is 21.5 Å². The van der Waals surface area contributed by atoms with Crippen molar-refractivity contribution in [3.63, 3.8) is 0 Å². The summed E-state index contributed by atoms with van der Waals surface area (Å²) in [5.74, 6) is 0. The maximum absolute atomic E-state index is 4.87. The molecule has 23 heavy (non-hydrogen) atoms. The molecule has 3 heteroatoms. The SMILES string of the molecule is Cc1ccc2nc3c(ccc4c5ccccc5[nH]nc43)c2c1C. The molecule has 0 fully saturated rings. The lowest BCUT2D eigenvalue weighted by atomic mass is 10.0. The number of nitrogens with one attached hydrogen (secondary N) is 1. The van der Waals surface area contributed by atoms with E-state index in [0.717, 1.165) is 27.5 Å².